The Morgan fingerprint density at radius 1 is 1.10 bits per heavy atom. The van der Waals surface area contributed by atoms with Crippen molar-refractivity contribution in [2.24, 2.45) is 5.92 Å². The van der Waals surface area contributed by atoms with Crippen LogP contribution in [0.4, 0.5) is 4.39 Å². The highest BCUT2D eigenvalue weighted by molar-refractivity contribution is 6.30. The van der Waals surface area contributed by atoms with Gasteiger partial charge in [-0.15, -0.1) is 0 Å². The van der Waals surface area contributed by atoms with Crippen LogP contribution in [-0.2, 0) is 25.5 Å². The summed E-state index contributed by atoms with van der Waals surface area (Å²) in [7, 11) is 1.61. The first-order valence-electron chi connectivity index (χ1n) is 13.7. The fourth-order valence-corrected chi connectivity index (χ4v) is 5.02. The molecule has 212 valence electrons. The number of allylic oxidation sites excluding steroid dienone is 4. The van der Waals surface area contributed by atoms with Gasteiger partial charge in [-0.05, 0) is 67.9 Å². The summed E-state index contributed by atoms with van der Waals surface area (Å²) < 4.78 is 20.0. The Hall–Kier alpha value is -2.91. The Morgan fingerprint density at radius 3 is 2.56 bits per heavy atom. The van der Waals surface area contributed by atoms with E-state index in [2.05, 4.69) is 16.0 Å². The van der Waals surface area contributed by atoms with E-state index in [0.717, 1.165) is 24.0 Å². The molecule has 2 aliphatic carbocycles. The Bertz CT molecular complexity index is 1110. The van der Waals surface area contributed by atoms with E-state index in [1.165, 1.54) is 11.0 Å². The van der Waals surface area contributed by atoms with E-state index in [0.29, 0.717) is 43.3 Å². The van der Waals surface area contributed by atoms with Gasteiger partial charge in [-0.1, -0.05) is 29.8 Å². The summed E-state index contributed by atoms with van der Waals surface area (Å²) in [4.78, 5) is 41.3. The van der Waals surface area contributed by atoms with E-state index in [1.54, 1.807) is 32.2 Å². The number of nitrogens with zero attached hydrogens (tertiary/aromatic N) is 1. The van der Waals surface area contributed by atoms with Gasteiger partial charge in [-0.3, -0.25) is 14.4 Å². The lowest BCUT2D eigenvalue weighted by Gasteiger charge is -2.30. The average Bonchev–Trinajstić information content (AvgIpc) is 3.76. The van der Waals surface area contributed by atoms with Gasteiger partial charge in [0.15, 0.2) is 0 Å². The fraction of sp³-hybridized carbons (Fsp3) is 0.552. The number of carbonyl (C=O) groups excluding carboxylic acids is 3. The molecule has 1 heterocycles. The minimum atomic E-state index is -1.09. The number of alkyl halides is 1. The number of nitrogens with one attached hydrogen (secondary N) is 3. The number of rotatable bonds is 3. The van der Waals surface area contributed by atoms with Gasteiger partial charge in [0.05, 0.1) is 6.04 Å². The van der Waals surface area contributed by atoms with Crippen LogP contribution < -0.4 is 16.0 Å². The second-order valence-corrected chi connectivity index (χ2v) is 11.0. The van der Waals surface area contributed by atoms with Crippen LogP contribution in [0, 0.1) is 5.92 Å². The first-order valence-corrected chi connectivity index (χ1v) is 14.1. The van der Waals surface area contributed by atoms with Crippen LogP contribution in [-0.4, -0.2) is 73.7 Å². The van der Waals surface area contributed by atoms with Crippen molar-refractivity contribution < 1.29 is 23.5 Å². The van der Waals surface area contributed by atoms with E-state index in [-0.39, 0.29) is 30.6 Å². The third-order valence-electron chi connectivity index (χ3n) is 7.56. The van der Waals surface area contributed by atoms with Gasteiger partial charge >= 0.3 is 0 Å². The lowest BCUT2D eigenvalue weighted by atomic mass is 9.99. The summed E-state index contributed by atoms with van der Waals surface area (Å²) >= 11 is 6.02. The van der Waals surface area contributed by atoms with Crippen molar-refractivity contribution in [1.29, 1.82) is 0 Å². The number of carbonyl (C=O) groups is 3. The number of halogens is 2. The highest BCUT2D eigenvalue weighted by Gasteiger charge is 2.39. The van der Waals surface area contributed by atoms with Crippen molar-refractivity contribution in [1.82, 2.24) is 20.9 Å². The molecule has 3 amide bonds. The molecule has 10 heteroatoms. The Labute approximate surface area is 234 Å². The molecular formula is C29H38ClFN4O4. The first-order chi connectivity index (χ1) is 18.7. The maximum Gasteiger partial charge on any atom is 0.243 e. The largest absolute Gasteiger partial charge is 0.496 e. The van der Waals surface area contributed by atoms with Crippen molar-refractivity contribution >= 4 is 29.3 Å². The molecule has 1 aromatic rings. The molecule has 0 bridgehead atoms. The second-order valence-electron chi connectivity index (χ2n) is 10.6. The molecule has 3 N–H and O–H groups in total. The molecule has 1 fully saturated rings. The van der Waals surface area contributed by atoms with Crippen LogP contribution in [0.2, 0.25) is 5.02 Å². The number of hydrogen-bond acceptors (Lipinski definition) is 5. The molecule has 0 radical (unpaired) electrons. The Kier molecular flexibility index (Phi) is 10.0. The maximum atomic E-state index is 14.1. The number of likely N-dealkylation sites (N-methyl/N-ethyl adjacent to an activating group) is 1. The quantitative estimate of drug-likeness (QED) is 0.528. The topological polar surface area (TPSA) is 99.8 Å². The molecule has 39 heavy (non-hydrogen) atoms. The number of ether oxygens (including phenoxy) is 1. The monoisotopic (exact) mass is 560 g/mol. The minimum absolute atomic E-state index is 0.177. The third kappa shape index (κ3) is 8.05. The fourth-order valence-electron chi connectivity index (χ4n) is 4.90. The average molecular weight is 561 g/mol. The molecule has 1 aliphatic heterocycles. The molecule has 0 saturated heterocycles. The van der Waals surface area contributed by atoms with Gasteiger partial charge in [0.25, 0.3) is 0 Å². The summed E-state index contributed by atoms with van der Waals surface area (Å²) in [5.74, 6) is -0.0724. The number of hydrogen-bond donors (Lipinski definition) is 3. The summed E-state index contributed by atoms with van der Waals surface area (Å²) in [6.45, 7) is 2.78. The van der Waals surface area contributed by atoms with Crippen molar-refractivity contribution in [3.8, 4) is 0 Å². The van der Waals surface area contributed by atoms with Gasteiger partial charge in [0.1, 0.15) is 30.6 Å². The van der Waals surface area contributed by atoms with Crippen LogP contribution in [0.5, 0.6) is 0 Å². The second kappa shape index (κ2) is 13.4. The Balaban J connectivity index is 1.54. The van der Waals surface area contributed by atoms with Crippen LogP contribution in [0.25, 0.3) is 0 Å². The summed E-state index contributed by atoms with van der Waals surface area (Å²) in [6.07, 6.45) is 5.76. The smallest absolute Gasteiger partial charge is 0.243 e. The van der Waals surface area contributed by atoms with Crippen molar-refractivity contribution in [3.63, 3.8) is 0 Å². The molecule has 0 aromatic heterocycles. The standard InChI is InChI=1S/C29H38ClFN4O4/c1-18-27(36)34-24(16-19-5-10-22(30)11-6-19)28(37)33-13-3-4-20-9-12-23(31)17-25(20)39-15-14-32-26(21-7-8-21)29(38)35(18)2/h5-6,9-12,18,21,23-24,26,32H,3-4,7-8,13-17H2,1-2H3,(H,33,37)(H,34,36)/t18-,23?,24-,26+/m1/s1. The van der Waals surface area contributed by atoms with E-state index in [1.807, 2.05) is 12.1 Å². The molecule has 1 aromatic carbocycles. The SMILES string of the molecule is C[C@@H]1C(=O)N[C@H](Cc2ccc(Cl)cc2)C(=O)NCCCC2=C(CC(F)C=C2)OCCN[C@@H](C2CC2)C(=O)N1C. The van der Waals surface area contributed by atoms with Crippen molar-refractivity contribution in [3.05, 3.63) is 58.3 Å². The summed E-state index contributed by atoms with van der Waals surface area (Å²) in [5, 5.41) is 9.68. The highest BCUT2D eigenvalue weighted by atomic mass is 35.5. The van der Waals surface area contributed by atoms with Gasteiger partial charge in [-0.2, -0.15) is 0 Å². The lowest BCUT2D eigenvalue weighted by Crippen LogP contribution is -2.56. The van der Waals surface area contributed by atoms with Gasteiger partial charge < -0.3 is 25.6 Å². The number of benzene rings is 1. The van der Waals surface area contributed by atoms with E-state index >= 15 is 0 Å². The molecule has 0 spiro atoms. The van der Waals surface area contributed by atoms with Crippen LogP contribution in [0.15, 0.2) is 47.7 Å². The molecule has 1 unspecified atom stereocenters. The summed E-state index contributed by atoms with van der Waals surface area (Å²) in [6, 6.07) is 5.07. The number of amides is 3. The van der Waals surface area contributed by atoms with Crippen LogP contribution in [0.3, 0.4) is 0 Å². The zero-order chi connectivity index (χ0) is 27.9. The van der Waals surface area contributed by atoms with Gasteiger partial charge in [0, 0.05) is 38.0 Å². The van der Waals surface area contributed by atoms with Gasteiger partial charge in [0.2, 0.25) is 17.7 Å². The van der Waals surface area contributed by atoms with Crippen LogP contribution >= 0.6 is 11.6 Å². The predicted molar refractivity (Wildman–Crippen MR) is 148 cm³/mol. The predicted octanol–water partition coefficient (Wildman–Crippen LogP) is 3.06. The minimum Gasteiger partial charge on any atom is -0.496 e. The maximum absolute atomic E-state index is 14.1. The molecular weight excluding hydrogens is 523 g/mol. The normalized spacial score (nSPS) is 28.1. The Morgan fingerprint density at radius 2 is 1.85 bits per heavy atom. The first kappa shape index (κ1) is 29.1. The molecule has 4 rings (SSSR count). The molecule has 4 atom stereocenters. The third-order valence-corrected chi connectivity index (χ3v) is 7.82. The molecule has 8 nitrogen and oxygen atoms in total. The van der Waals surface area contributed by atoms with Crippen molar-refractivity contribution in [2.75, 3.05) is 26.7 Å². The van der Waals surface area contributed by atoms with E-state index in [4.69, 9.17) is 16.3 Å². The van der Waals surface area contributed by atoms with E-state index in [9.17, 15) is 18.8 Å². The lowest BCUT2D eigenvalue weighted by molar-refractivity contribution is -0.141. The van der Waals surface area contributed by atoms with Crippen LogP contribution in [0.1, 0.15) is 44.6 Å². The zero-order valence-electron chi connectivity index (χ0n) is 22.6. The zero-order valence-corrected chi connectivity index (χ0v) is 23.3. The highest BCUT2D eigenvalue weighted by Crippen LogP contribution is 2.33. The van der Waals surface area contributed by atoms with E-state index < -0.39 is 30.2 Å². The molecule has 1 saturated carbocycles. The van der Waals surface area contributed by atoms with Gasteiger partial charge in [-0.25, -0.2) is 4.39 Å². The molecule has 3 aliphatic rings. The van der Waals surface area contributed by atoms with Crippen molar-refractivity contribution in [2.45, 2.75) is 69.7 Å². The summed E-state index contributed by atoms with van der Waals surface area (Å²) in [5.41, 5.74) is 1.76.